The molecule has 366 valence electrons. The molecular weight excluding hydrogens is 765 g/mol. The highest BCUT2D eigenvalue weighted by atomic mass is 16.1. The molecule has 0 amide bonds. The third-order valence-corrected chi connectivity index (χ3v) is 15.4. The Balaban J connectivity index is 5.43. The number of carbonyl (C=O) groups is 1. The highest BCUT2D eigenvalue weighted by molar-refractivity contribution is 5.75. The Hall–Kier alpha value is -0.890. The summed E-state index contributed by atoms with van der Waals surface area (Å²) in [5, 5.41) is 0. The van der Waals surface area contributed by atoms with E-state index in [-0.39, 0.29) is 5.78 Å². The number of hydrogen-bond donors (Lipinski definition) is 14. The van der Waals surface area contributed by atoms with Crippen molar-refractivity contribution in [1.82, 2.24) is 0 Å². The topological polar surface area (TPSA) is 404 Å². The molecule has 0 aromatic heterocycles. The summed E-state index contributed by atoms with van der Waals surface area (Å²) in [5.41, 5.74) is 61.5. The molecule has 0 aliphatic rings. The van der Waals surface area contributed by atoms with E-state index in [1.807, 2.05) is 0 Å². The van der Waals surface area contributed by atoms with Crippen LogP contribution in [0.1, 0.15) is 110 Å². The first-order valence-electron chi connectivity index (χ1n) is 25.9. The Bertz CT molecular complexity index is 1020. The predicted molar refractivity (Wildman–Crippen MR) is 243 cm³/mol. The summed E-state index contributed by atoms with van der Waals surface area (Å²) in [4.78, 5) is 11.6. The van der Waals surface area contributed by atoms with Crippen LogP contribution in [0.5, 0.6) is 0 Å². The molecule has 14 unspecified atom stereocenters. The van der Waals surface area contributed by atoms with E-state index in [1.165, 1.54) is 77.0 Å². The third-order valence-electron chi connectivity index (χ3n) is 15.4. The van der Waals surface area contributed by atoms with Gasteiger partial charge in [-0.15, -0.1) is 0 Å². The molecule has 0 radical (unpaired) electrons. The first-order valence-corrected chi connectivity index (χ1v) is 25.9. The van der Waals surface area contributed by atoms with E-state index in [4.69, 9.17) is 0 Å². The molecule has 0 saturated heterocycles. The second kappa shape index (κ2) is 37.3. The van der Waals surface area contributed by atoms with Gasteiger partial charge in [-0.2, -0.15) is 0 Å². The molecule has 0 aromatic carbocycles. The van der Waals surface area contributed by atoms with E-state index in [0.29, 0.717) is 89.3 Å². The van der Waals surface area contributed by atoms with Gasteiger partial charge in [-0.25, -0.2) is 0 Å². The molecule has 14 atom stereocenters. The van der Waals surface area contributed by atoms with E-state index in [9.17, 15) is 4.79 Å². The van der Waals surface area contributed by atoms with Crippen molar-refractivity contribution in [2.24, 2.45) is 82.9 Å². The smallest absolute Gasteiger partial charge is 0.129 e. The fraction of sp³-hybridized carbons (Fsp3) is 0.978. The van der Waals surface area contributed by atoms with Gasteiger partial charge in [-0.05, 0) is 96.8 Å². The zero-order chi connectivity index (χ0) is 46.2. The second-order valence-corrected chi connectivity index (χ2v) is 20.7. The molecule has 61 heavy (non-hydrogen) atoms. The lowest BCUT2D eigenvalue weighted by Crippen LogP contribution is -2.60. The van der Waals surface area contributed by atoms with Crippen molar-refractivity contribution in [3.8, 4) is 0 Å². The minimum absolute atomic E-state index is 0.282. The highest BCUT2D eigenvalue weighted by Gasteiger charge is 2.31. The van der Waals surface area contributed by atoms with Crippen LogP contribution >= 0.6 is 0 Å². The summed E-state index contributed by atoms with van der Waals surface area (Å²) < 4.78 is 0. The Labute approximate surface area is 374 Å². The van der Waals surface area contributed by atoms with Gasteiger partial charge in [-0.1, -0.05) is 6.92 Å². The molecule has 0 spiro atoms. The molecule has 15 heteroatoms. The maximum atomic E-state index is 11.6. The minimum atomic E-state index is 0.282. The van der Waals surface area contributed by atoms with Crippen LogP contribution in [0.3, 0.4) is 0 Å². The third kappa shape index (κ3) is 27.3. The summed E-state index contributed by atoms with van der Waals surface area (Å²) in [6.45, 7) is 17.7. The molecule has 15 nitrogen and oxygen atoms in total. The quantitative estimate of drug-likeness (QED) is 0.0279. The maximum Gasteiger partial charge on any atom is 0.129 e. The SMILES string of the molecule is CC(=O)CCC(C[NH3+])CC(C[NH3+])CC(C[NH3+])CC(C[NH3+])CC(C[NH3+])CC(C[NH3+])CC(C[NH3+])CC(C[NH3+])CC(C[NH3+])CC(C[NH3+])CC(C[NH3+])CC(C[NH3+])CC(C[NH3+])CC(C)C[NH3+]. The standard InChI is InChI=1S/C46H106N14O/c1-32(18-47)5-35(20-49)7-37(22-51)9-39(24-53)11-41(26-55)13-43(28-57)15-45(30-59)17-46(31-60)16-44(29-58)14-42(27-56)12-40(25-54)10-38(23-52)8-36(21-50)6-34(19-48)4-3-33(2)61/h32,34-46H,3-31,47-60H2,1-2H3/p+14. The van der Waals surface area contributed by atoms with Crippen LogP contribution in [0.15, 0.2) is 0 Å². The molecule has 0 fully saturated rings. The molecule has 0 saturated carbocycles. The van der Waals surface area contributed by atoms with Gasteiger partial charge in [-0.3, -0.25) is 0 Å². The normalized spacial score (nSPS) is 19.2. The van der Waals surface area contributed by atoms with Gasteiger partial charge in [0, 0.05) is 89.3 Å². The number of rotatable bonds is 43. The summed E-state index contributed by atoms with van der Waals surface area (Å²) in [6, 6.07) is 0. The van der Waals surface area contributed by atoms with Crippen LogP contribution in [0.2, 0.25) is 0 Å². The lowest BCUT2D eigenvalue weighted by Gasteiger charge is -2.29. The second-order valence-electron chi connectivity index (χ2n) is 20.7. The Morgan fingerprint density at radius 1 is 0.279 bits per heavy atom. The molecule has 0 heterocycles. The van der Waals surface area contributed by atoms with Crippen LogP contribution in [0, 0.1) is 82.9 Å². The molecular formula is C46H120N14O+14. The van der Waals surface area contributed by atoms with Crippen molar-refractivity contribution >= 4 is 5.78 Å². The van der Waals surface area contributed by atoms with Crippen LogP contribution < -0.4 is 80.3 Å². The summed E-state index contributed by atoms with van der Waals surface area (Å²) >= 11 is 0. The lowest BCUT2D eigenvalue weighted by molar-refractivity contribution is -0.401. The van der Waals surface area contributed by atoms with Gasteiger partial charge < -0.3 is 85.1 Å². The van der Waals surface area contributed by atoms with Crippen molar-refractivity contribution in [1.29, 1.82) is 0 Å². The summed E-state index contributed by atoms with van der Waals surface area (Å²) in [7, 11) is 0. The Morgan fingerprint density at radius 3 is 0.590 bits per heavy atom. The van der Waals surface area contributed by atoms with Gasteiger partial charge in [0.1, 0.15) is 5.78 Å². The van der Waals surface area contributed by atoms with Gasteiger partial charge in [0.15, 0.2) is 0 Å². The number of carbonyl (C=O) groups excluding carboxylic acids is 1. The van der Waals surface area contributed by atoms with E-state index >= 15 is 0 Å². The first kappa shape index (κ1) is 60.1. The van der Waals surface area contributed by atoms with Crippen LogP contribution in [0.25, 0.3) is 0 Å². The van der Waals surface area contributed by atoms with Crippen LogP contribution in [-0.4, -0.2) is 97.4 Å². The summed E-state index contributed by atoms with van der Waals surface area (Å²) in [5.74, 6) is 8.78. The van der Waals surface area contributed by atoms with Crippen LogP contribution in [0.4, 0.5) is 0 Å². The summed E-state index contributed by atoms with van der Waals surface area (Å²) in [6.07, 6.45) is 17.3. The van der Waals surface area contributed by atoms with Gasteiger partial charge in [0.2, 0.25) is 0 Å². The maximum absolute atomic E-state index is 11.6. The lowest BCUT2D eigenvalue weighted by atomic mass is 9.76. The van der Waals surface area contributed by atoms with Crippen LogP contribution in [-0.2, 0) is 4.79 Å². The average Bonchev–Trinajstić information content (AvgIpc) is 3.28. The Kier molecular flexibility index (Phi) is 36.8. The van der Waals surface area contributed by atoms with Gasteiger partial charge >= 0.3 is 0 Å². The largest absolute Gasteiger partial charge is 0.357 e. The number of hydrogen-bond acceptors (Lipinski definition) is 1. The number of Topliss-reactive ketones (excluding diaryl/α,β-unsaturated/α-hetero) is 1. The van der Waals surface area contributed by atoms with E-state index < -0.39 is 0 Å². The van der Waals surface area contributed by atoms with Crippen molar-refractivity contribution in [2.75, 3.05) is 91.6 Å². The monoisotopic (exact) mass is 885 g/mol. The Morgan fingerprint density at radius 2 is 0.443 bits per heavy atom. The van der Waals surface area contributed by atoms with Gasteiger partial charge in [0.25, 0.3) is 0 Å². The van der Waals surface area contributed by atoms with Crippen molar-refractivity contribution in [3.05, 3.63) is 0 Å². The predicted octanol–water partition coefficient (Wildman–Crippen LogP) is -9.54. The van der Waals surface area contributed by atoms with Crippen molar-refractivity contribution in [3.63, 3.8) is 0 Å². The molecule has 0 bridgehead atoms. The minimum Gasteiger partial charge on any atom is -0.357 e. The zero-order valence-electron chi connectivity index (χ0n) is 41.4. The van der Waals surface area contributed by atoms with E-state index in [2.05, 4.69) is 87.2 Å². The first-order chi connectivity index (χ1) is 29.3. The number of quaternary nitrogens is 14. The zero-order valence-corrected chi connectivity index (χ0v) is 41.4. The molecule has 0 rings (SSSR count). The molecule has 0 aliphatic heterocycles. The van der Waals surface area contributed by atoms with E-state index in [0.717, 1.165) is 104 Å². The molecule has 42 N–H and O–H groups in total. The van der Waals surface area contributed by atoms with Crippen molar-refractivity contribution < 1.29 is 85.1 Å². The average molecular weight is 886 g/mol. The van der Waals surface area contributed by atoms with Crippen molar-refractivity contribution in [2.45, 2.75) is 110 Å². The number of ketones is 1. The fourth-order valence-electron chi connectivity index (χ4n) is 11.1. The highest BCUT2D eigenvalue weighted by Crippen LogP contribution is 2.33. The fourth-order valence-corrected chi connectivity index (χ4v) is 11.1. The molecule has 0 aromatic rings. The molecule has 0 aliphatic carbocycles. The van der Waals surface area contributed by atoms with Gasteiger partial charge in [0.05, 0.1) is 91.6 Å². The van der Waals surface area contributed by atoms with E-state index in [1.54, 1.807) is 6.92 Å².